The van der Waals surface area contributed by atoms with E-state index in [2.05, 4.69) is 36.6 Å². The summed E-state index contributed by atoms with van der Waals surface area (Å²) in [6.45, 7) is 3.06. The smallest absolute Gasteiger partial charge is 0.0348 e. The number of hydrogen-bond donors (Lipinski definition) is 2. The van der Waals surface area contributed by atoms with Gasteiger partial charge >= 0.3 is 0 Å². The topological polar surface area (TPSA) is 38.0 Å². The summed E-state index contributed by atoms with van der Waals surface area (Å²) in [5.74, 6) is 6.95. The number of hydrazine groups is 1. The van der Waals surface area contributed by atoms with Gasteiger partial charge in [-0.05, 0) is 29.4 Å². The zero-order valence-electron chi connectivity index (χ0n) is 7.96. The van der Waals surface area contributed by atoms with Gasteiger partial charge in [-0.3, -0.25) is 11.3 Å². The molecule has 1 aliphatic carbocycles. The van der Waals surface area contributed by atoms with Gasteiger partial charge in [0, 0.05) is 6.54 Å². The van der Waals surface area contributed by atoms with Gasteiger partial charge in [0.2, 0.25) is 0 Å². The van der Waals surface area contributed by atoms with Crippen LogP contribution < -0.4 is 11.3 Å². The van der Waals surface area contributed by atoms with Crippen LogP contribution in [0.4, 0.5) is 0 Å². The Labute approximate surface area is 79.1 Å². The molecule has 0 amide bonds. The van der Waals surface area contributed by atoms with Crippen molar-refractivity contribution in [2.24, 2.45) is 11.8 Å². The highest BCUT2D eigenvalue weighted by atomic mass is 15.2. The van der Waals surface area contributed by atoms with Crippen LogP contribution in [-0.2, 0) is 6.54 Å². The second-order valence-electron chi connectivity index (χ2n) is 3.94. The van der Waals surface area contributed by atoms with Crippen LogP contribution in [0.1, 0.15) is 30.4 Å². The Morgan fingerprint density at radius 3 is 2.46 bits per heavy atom. The van der Waals surface area contributed by atoms with Crippen molar-refractivity contribution in [1.82, 2.24) is 5.43 Å². The van der Waals surface area contributed by atoms with Crippen LogP contribution in [0.15, 0.2) is 24.3 Å². The molecule has 0 saturated heterocycles. The summed E-state index contributed by atoms with van der Waals surface area (Å²) in [4.78, 5) is 0. The van der Waals surface area contributed by atoms with Gasteiger partial charge in [0.15, 0.2) is 0 Å². The Bertz CT molecular complexity index is 279. The van der Waals surface area contributed by atoms with Crippen LogP contribution >= 0.6 is 0 Å². The first-order valence-electron chi connectivity index (χ1n) is 4.83. The molecule has 1 saturated carbocycles. The molecule has 2 heteroatoms. The zero-order chi connectivity index (χ0) is 9.26. The highest BCUT2D eigenvalue weighted by Crippen LogP contribution is 2.46. The molecule has 0 spiro atoms. The van der Waals surface area contributed by atoms with Gasteiger partial charge in [0.1, 0.15) is 0 Å². The lowest BCUT2D eigenvalue weighted by atomic mass is 10.1. The predicted octanol–water partition coefficient (Wildman–Crippen LogP) is 1.77. The van der Waals surface area contributed by atoms with E-state index in [0.717, 1.165) is 18.4 Å². The summed E-state index contributed by atoms with van der Waals surface area (Å²) in [6, 6.07) is 8.75. The Morgan fingerprint density at radius 2 is 2.00 bits per heavy atom. The molecular weight excluding hydrogens is 160 g/mol. The summed E-state index contributed by atoms with van der Waals surface area (Å²) in [7, 11) is 0. The lowest BCUT2D eigenvalue weighted by Gasteiger charge is -2.02. The first kappa shape index (κ1) is 8.73. The van der Waals surface area contributed by atoms with Crippen LogP contribution in [0.3, 0.4) is 0 Å². The second kappa shape index (κ2) is 3.48. The fraction of sp³-hybridized carbons (Fsp3) is 0.455. The number of hydrogen-bond acceptors (Lipinski definition) is 2. The normalized spacial score (nSPS) is 26.0. The SMILES string of the molecule is CC1CC1c1ccc(CNN)cc1. The van der Waals surface area contributed by atoms with Crippen molar-refractivity contribution in [2.75, 3.05) is 0 Å². The van der Waals surface area contributed by atoms with E-state index in [4.69, 9.17) is 5.84 Å². The molecule has 2 rings (SSSR count). The van der Waals surface area contributed by atoms with Crippen molar-refractivity contribution in [3.05, 3.63) is 35.4 Å². The van der Waals surface area contributed by atoms with Crippen molar-refractivity contribution in [1.29, 1.82) is 0 Å². The molecule has 3 N–H and O–H groups in total. The Hall–Kier alpha value is -0.860. The van der Waals surface area contributed by atoms with Crippen LogP contribution in [-0.4, -0.2) is 0 Å². The quantitative estimate of drug-likeness (QED) is 0.544. The molecule has 1 aromatic carbocycles. The maximum Gasteiger partial charge on any atom is 0.0348 e. The van der Waals surface area contributed by atoms with Crippen LogP contribution in [0.25, 0.3) is 0 Å². The summed E-state index contributed by atoms with van der Waals surface area (Å²) in [5.41, 5.74) is 5.39. The maximum absolute atomic E-state index is 5.24. The van der Waals surface area contributed by atoms with E-state index in [1.807, 2.05) is 0 Å². The molecule has 2 unspecified atom stereocenters. The third-order valence-electron chi connectivity index (χ3n) is 2.82. The lowest BCUT2D eigenvalue weighted by Crippen LogP contribution is -2.20. The number of nitrogens with one attached hydrogen (secondary N) is 1. The van der Waals surface area contributed by atoms with E-state index in [1.165, 1.54) is 17.5 Å². The molecule has 0 bridgehead atoms. The Balaban J connectivity index is 2.06. The van der Waals surface area contributed by atoms with Crippen LogP contribution in [0.2, 0.25) is 0 Å². The minimum absolute atomic E-state index is 0.750. The van der Waals surface area contributed by atoms with Gasteiger partial charge in [0.25, 0.3) is 0 Å². The summed E-state index contributed by atoms with van der Waals surface area (Å²) >= 11 is 0. The largest absolute Gasteiger partial charge is 0.271 e. The predicted molar refractivity (Wildman–Crippen MR) is 54.0 cm³/mol. The van der Waals surface area contributed by atoms with Crippen LogP contribution in [0, 0.1) is 5.92 Å². The molecule has 0 heterocycles. The highest BCUT2D eigenvalue weighted by Gasteiger charge is 2.33. The summed E-state index contributed by atoms with van der Waals surface area (Å²) in [6.07, 6.45) is 1.36. The first-order valence-corrected chi connectivity index (χ1v) is 4.83. The zero-order valence-corrected chi connectivity index (χ0v) is 7.96. The first-order chi connectivity index (χ1) is 6.31. The fourth-order valence-corrected chi connectivity index (χ4v) is 1.79. The Kier molecular flexibility index (Phi) is 2.34. The van der Waals surface area contributed by atoms with E-state index in [1.54, 1.807) is 0 Å². The molecular formula is C11H16N2. The number of rotatable bonds is 3. The van der Waals surface area contributed by atoms with E-state index >= 15 is 0 Å². The molecule has 1 fully saturated rings. The molecule has 1 aliphatic rings. The third kappa shape index (κ3) is 1.90. The van der Waals surface area contributed by atoms with Gasteiger partial charge < -0.3 is 0 Å². The minimum Gasteiger partial charge on any atom is -0.271 e. The Morgan fingerprint density at radius 1 is 1.38 bits per heavy atom. The fourth-order valence-electron chi connectivity index (χ4n) is 1.79. The van der Waals surface area contributed by atoms with E-state index in [-0.39, 0.29) is 0 Å². The lowest BCUT2D eigenvalue weighted by molar-refractivity contribution is 0.741. The number of nitrogens with two attached hydrogens (primary N) is 1. The van der Waals surface area contributed by atoms with Gasteiger partial charge in [-0.1, -0.05) is 31.2 Å². The highest BCUT2D eigenvalue weighted by molar-refractivity contribution is 5.29. The van der Waals surface area contributed by atoms with Crippen LogP contribution in [0.5, 0.6) is 0 Å². The standard InChI is InChI=1S/C11H16N2/c1-8-6-11(8)10-4-2-9(3-5-10)7-13-12/h2-5,8,11,13H,6-7,12H2,1H3. The van der Waals surface area contributed by atoms with E-state index in [0.29, 0.717) is 0 Å². The van der Waals surface area contributed by atoms with Crippen molar-refractivity contribution in [3.63, 3.8) is 0 Å². The van der Waals surface area contributed by atoms with Gasteiger partial charge in [0.05, 0.1) is 0 Å². The van der Waals surface area contributed by atoms with E-state index < -0.39 is 0 Å². The van der Waals surface area contributed by atoms with Crippen molar-refractivity contribution >= 4 is 0 Å². The second-order valence-corrected chi connectivity index (χ2v) is 3.94. The van der Waals surface area contributed by atoms with Gasteiger partial charge in [-0.2, -0.15) is 0 Å². The maximum atomic E-state index is 5.24. The molecule has 0 aromatic heterocycles. The molecule has 2 atom stereocenters. The average Bonchev–Trinajstić information content (AvgIpc) is 2.85. The molecule has 2 nitrogen and oxygen atoms in total. The summed E-state index contributed by atoms with van der Waals surface area (Å²) < 4.78 is 0. The van der Waals surface area contributed by atoms with Gasteiger partial charge in [-0.25, -0.2) is 0 Å². The van der Waals surface area contributed by atoms with Crippen molar-refractivity contribution in [2.45, 2.75) is 25.8 Å². The third-order valence-corrected chi connectivity index (χ3v) is 2.82. The molecule has 0 aliphatic heterocycles. The van der Waals surface area contributed by atoms with Crippen molar-refractivity contribution in [3.8, 4) is 0 Å². The monoisotopic (exact) mass is 176 g/mol. The number of benzene rings is 1. The van der Waals surface area contributed by atoms with Crippen molar-refractivity contribution < 1.29 is 0 Å². The molecule has 13 heavy (non-hydrogen) atoms. The average molecular weight is 176 g/mol. The molecule has 0 radical (unpaired) electrons. The van der Waals surface area contributed by atoms with Gasteiger partial charge in [-0.15, -0.1) is 0 Å². The molecule has 70 valence electrons. The molecule has 1 aromatic rings. The summed E-state index contributed by atoms with van der Waals surface area (Å²) in [5, 5.41) is 0. The minimum atomic E-state index is 0.750. The van der Waals surface area contributed by atoms with E-state index in [9.17, 15) is 0 Å².